The van der Waals surface area contributed by atoms with Crippen LogP contribution in [0.25, 0.3) is 0 Å². The fourth-order valence-electron chi connectivity index (χ4n) is 1.57. The average Bonchev–Trinajstić information content (AvgIpc) is 2.46. The van der Waals surface area contributed by atoms with Gasteiger partial charge in [0.15, 0.2) is 6.10 Å². The first-order valence-corrected chi connectivity index (χ1v) is 8.14. The molecule has 0 heterocycles. The van der Waals surface area contributed by atoms with Gasteiger partial charge in [-0.1, -0.05) is 0 Å². The average molecular weight is 339 g/mol. The molecule has 0 radical (unpaired) electrons. The summed E-state index contributed by atoms with van der Waals surface area (Å²) in [6, 6.07) is 6.01. The lowest BCUT2D eigenvalue weighted by molar-refractivity contribution is -0.147. The Balaban J connectivity index is 2.81. The van der Waals surface area contributed by atoms with Crippen molar-refractivity contribution < 1.29 is 22.7 Å². The second-order valence-electron chi connectivity index (χ2n) is 4.76. The summed E-state index contributed by atoms with van der Waals surface area (Å²) >= 11 is 0. The van der Waals surface area contributed by atoms with Crippen LogP contribution in [0.4, 0.5) is 5.69 Å². The number of esters is 1. The van der Waals surface area contributed by atoms with Crippen molar-refractivity contribution in [1.29, 1.82) is 5.26 Å². The maximum absolute atomic E-state index is 12.2. The molecule has 0 spiro atoms. The van der Waals surface area contributed by atoms with Crippen LogP contribution in [0, 0.1) is 11.3 Å². The number of ether oxygens (including phenoxy) is 1. The van der Waals surface area contributed by atoms with Gasteiger partial charge in [0.25, 0.3) is 0 Å². The van der Waals surface area contributed by atoms with E-state index >= 15 is 0 Å². The second kappa shape index (κ2) is 7.71. The van der Waals surface area contributed by atoms with Gasteiger partial charge < -0.3 is 10.1 Å². The molecular formula is C14H17N3O5S. The van der Waals surface area contributed by atoms with Gasteiger partial charge in [0.1, 0.15) is 12.1 Å². The zero-order valence-corrected chi connectivity index (χ0v) is 13.7. The molecule has 0 aromatic heterocycles. The zero-order valence-electron chi connectivity index (χ0n) is 12.9. The van der Waals surface area contributed by atoms with E-state index in [-0.39, 0.29) is 10.8 Å². The van der Waals surface area contributed by atoms with E-state index in [0.717, 1.165) is 0 Å². The van der Waals surface area contributed by atoms with E-state index in [1.54, 1.807) is 6.07 Å². The molecular weight excluding hydrogens is 322 g/mol. The Morgan fingerprint density at radius 1 is 1.22 bits per heavy atom. The van der Waals surface area contributed by atoms with Gasteiger partial charge in [0.2, 0.25) is 15.9 Å². The van der Waals surface area contributed by atoms with E-state index in [1.165, 1.54) is 45.0 Å². The number of nitrogens with zero attached hydrogens (tertiary/aromatic N) is 1. The van der Waals surface area contributed by atoms with Crippen LogP contribution < -0.4 is 10.0 Å². The van der Waals surface area contributed by atoms with Gasteiger partial charge in [-0.15, -0.1) is 0 Å². The minimum absolute atomic E-state index is 0.0698. The van der Waals surface area contributed by atoms with E-state index in [1.807, 2.05) is 0 Å². The molecule has 1 aromatic rings. The van der Waals surface area contributed by atoms with Crippen molar-refractivity contribution in [3.8, 4) is 6.07 Å². The molecule has 1 rings (SSSR count). The molecule has 9 heteroatoms. The topological polar surface area (TPSA) is 125 Å². The summed E-state index contributed by atoms with van der Waals surface area (Å²) in [6.45, 7) is 4.03. The van der Waals surface area contributed by atoms with E-state index in [4.69, 9.17) is 10.00 Å². The van der Waals surface area contributed by atoms with Crippen molar-refractivity contribution >= 4 is 27.6 Å². The fourth-order valence-corrected chi connectivity index (χ4v) is 2.76. The maximum Gasteiger partial charge on any atom is 0.325 e. The molecule has 2 N–H and O–H groups in total. The maximum atomic E-state index is 12.2. The summed E-state index contributed by atoms with van der Waals surface area (Å²) in [6.07, 6.45) is -0.966. The number of sulfonamides is 1. The number of hydrogen-bond acceptors (Lipinski definition) is 6. The fraction of sp³-hybridized carbons (Fsp3) is 0.357. The Kier molecular flexibility index (Phi) is 6.24. The van der Waals surface area contributed by atoms with Crippen LogP contribution in [0.15, 0.2) is 29.2 Å². The number of nitriles is 1. The molecule has 0 aliphatic heterocycles. The van der Waals surface area contributed by atoms with Crippen LogP contribution in [0.3, 0.4) is 0 Å². The van der Waals surface area contributed by atoms with Crippen LogP contribution in [0.1, 0.15) is 20.8 Å². The predicted molar refractivity (Wildman–Crippen MR) is 81.7 cm³/mol. The van der Waals surface area contributed by atoms with Gasteiger partial charge in [-0.3, -0.25) is 9.59 Å². The third-order valence-corrected chi connectivity index (χ3v) is 4.20. The molecule has 0 aliphatic carbocycles. The lowest BCUT2D eigenvalue weighted by atomic mass is 10.3. The van der Waals surface area contributed by atoms with Crippen molar-refractivity contribution in [3.63, 3.8) is 0 Å². The first kappa shape index (κ1) is 18.6. The van der Waals surface area contributed by atoms with Gasteiger partial charge in [-0.05, 0) is 38.1 Å². The first-order chi connectivity index (χ1) is 10.7. The molecule has 1 aromatic carbocycles. The van der Waals surface area contributed by atoms with E-state index < -0.39 is 28.1 Å². The van der Waals surface area contributed by atoms with Crippen LogP contribution in [-0.2, 0) is 24.3 Å². The van der Waals surface area contributed by atoms with Crippen molar-refractivity contribution in [2.75, 3.05) is 5.32 Å². The Morgan fingerprint density at radius 2 is 1.78 bits per heavy atom. The predicted octanol–water partition coefficient (Wildman–Crippen LogP) is 0.767. The highest BCUT2D eigenvalue weighted by atomic mass is 32.2. The van der Waals surface area contributed by atoms with Crippen LogP contribution >= 0.6 is 0 Å². The summed E-state index contributed by atoms with van der Waals surface area (Å²) in [5, 5.41) is 11.1. The van der Waals surface area contributed by atoms with Crippen molar-refractivity contribution in [1.82, 2.24) is 4.72 Å². The molecule has 0 saturated carbocycles. The van der Waals surface area contributed by atoms with E-state index in [0.29, 0.717) is 5.69 Å². The number of carbonyl (C=O) groups is 2. The van der Waals surface area contributed by atoms with Gasteiger partial charge >= 0.3 is 5.97 Å². The molecule has 2 atom stereocenters. The first-order valence-electron chi connectivity index (χ1n) is 6.66. The van der Waals surface area contributed by atoms with Gasteiger partial charge in [0, 0.05) is 12.6 Å². The van der Waals surface area contributed by atoms with Gasteiger partial charge in [0.05, 0.1) is 4.90 Å². The molecule has 124 valence electrons. The normalized spacial score (nSPS) is 13.5. The highest BCUT2D eigenvalue weighted by Gasteiger charge is 2.24. The van der Waals surface area contributed by atoms with E-state index in [9.17, 15) is 18.0 Å². The quantitative estimate of drug-likeness (QED) is 0.737. The number of benzene rings is 1. The highest BCUT2D eigenvalue weighted by Crippen LogP contribution is 2.14. The van der Waals surface area contributed by atoms with Crippen molar-refractivity contribution in [2.24, 2.45) is 0 Å². The lowest BCUT2D eigenvalue weighted by Gasteiger charge is -2.14. The SMILES string of the molecule is CC(=O)Nc1ccc(S(=O)(=O)N[C@@H](C)C(=O)O[C@H](C)C#N)cc1. The largest absolute Gasteiger partial charge is 0.446 e. The third-order valence-electron chi connectivity index (χ3n) is 2.65. The monoisotopic (exact) mass is 339 g/mol. The Labute approximate surface area is 134 Å². The molecule has 0 bridgehead atoms. The molecule has 0 unspecified atom stereocenters. The number of carbonyl (C=O) groups excluding carboxylic acids is 2. The van der Waals surface area contributed by atoms with Gasteiger partial charge in [-0.25, -0.2) is 8.42 Å². The summed E-state index contributed by atoms with van der Waals surface area (Å²) < 4.78 is 31.2. The molecule has 1 amide bonds. The van der Waals surface area contributed by atoms with Crippen molar-refractivity contribution in [3.05, 3.63) is 24.3 Å². The number of anilines is 1. The molecule has 0 saturated heterocycles. The summed E-state index contributed by atoms with van der Waals surface area (Å²) in [5.74, 6) is -1.13. The summed E-state index contributed by atoms with van der Waals surface area (Å²) in [4.78, 5) is 22.5. The summed E-state index contributed by atoms with van der Waals surface area (Å²) in [5.41, 5.74) is 0.451. The minimum Gasteiger partial charge on any atom is -0.446 e. The number of nitrogens with one attached hydrogen (secondary N) is 2. The molecule has 0 aliphatic rings. The van der Waals surface area contributed by atoms with Crippen LogP contribution in [-0.4, -0.2) is 32.4 Å². The lowest BCUT2D eigenvalue weighted by Crippen LogP contribution is -2.40. The standard InChI is InChI=1S/C14H17N3O5S/c1-9(8-15)22-14(19)10(2)17-23(20,21)13-6-4-12(5-7-13)16-11(3)18/h4-7,9-10,17H,1-3H3,(H,16,18)/t9-,10+/m1/s1. The molecule has 8 nitrogen and oxygen atoms in total. The van der Waals surface area contributed by atoms with Crippen LogP contribution in [0.5, 0.6) is 0 Å². The highest BCUT2D eigenvalue weighted by molar-refractivity contribution is 7.89. The zero-order chi connectivity index (χ0) is 17.6. The Hall–Kier alpha value is -2.44. The minimum atomic E-state index is -3.94. The van der Waals surface area contributed by atoms with Crippen molar-refractivity contribution in [2.45, 2.75) is 37.8 Å². The number of hydrogen-bond donors (Lipinski definition) is 2. The third kappa shape index (κ3) is 5.69. The number of rotatable bonds is 6. The molecule has 23 heavy (non-hydrogen) atoms. The van der Waals surface area contributed by atoms with Gasteiger partial charge in [-0.2, -0.15) is 9.98 Å². The molecule has 0 fully saturated rings. The smallest absolute Gasteiger partial charge is 0.325 e. The van der Waals surface area contributed by atoms with E-state index in [2.05, 4.69) is 10.0 Å². The second-order valence-corrected chi connectivity index (χ2v) is 6.47. The van der Waals surface area contributed by atoms with Crippen LogP contribution in [0.2, 0.25) is 0 Å². The summed E-state index contributed by atoms with van der Waals surface area (Å²) in [7, 11) is -3.94. The Bertz CT molecular complexity index is 722. The Morgan fingerprint density at radius 3 is 2.26 bits per heavy atom. The number of amides is 1.